The van der Waals surface area contributed by atoms with Crippen LogP contribution in [-0.2, 0) is 11.3 Å². The van der Waals surface area contributed by atoms with Gasteiger partial charge in [0.15, 0.2) is 5.82 Å². The first-order valence-electron chi connectivity index (χ1n) is 11.8. The second-order valence-corrected chi connectivity index (χ2v) is 10.4. The number of hydrogen-bond acceptors (Lipinski definition) is 7. The number of anilines is 2. The number of amides is 1. The number of benzene rings is 2. The number of fused-ring (bicyclic) bond motifs is 2. The number of nitrogens with zero attached hydrogens (tertiary/aromatic N) is 4. The molecule has 0 spiro atoms. The van der Waals surface area contributed by atoms with E-state index in [1.807, 2.05) is 62.0 Å². The van der Waals surface area contributed by atoms with Crippen LogP contribution in [0.15, 0.2) is 67.1 Å². The summed E-state index contributed by atoms with van der Waals surface area (Å²) in [5.74, 6) is 6.75. The van der Waals surface area contributed by atoms with Crippen LogP contribution in [0, 0.1) is 11.8 Å². The molecule has 0 atom stereocenters. The van der Waals surface area contributed by atoms with Gasteiger partial charge >= 0.3 is 6.09 Å². The Bertz CT molecular complexity index is 1630. The first kappa shape index (κ1) is 26.9. The summed E-state index contributed by atoms with van der Waals surface area (Å²) in [5, 5.41) is 11.7. The summed E-state index contributed by atoms with van der Waals surface area (Å²) in [4.78, 5) is 21.4. The van der Waals surface area contributed by atoms with Gasteiger partial charge in [-0.25, -0.2) is 14.8 Å². The van der Waals surface area contributed by atoms with Crippen LogP contribution in [0.5, 0.6) is 0 Å². The summed E-state index contributed by atoms with van der Waals surface area (Å²) in [7, 11) is 0. The lowest BCUT2D eigenvalue weighted by atomic mass is 10.2. The largest absolute Gasteiger partial charge is 0.444 e. The van der Waals surface area contributed by atoms with Crippen molar-refractivity contribution in [1.82, 2.24) is 25.1 Å². The van der Waals surface area contributed by atoms with Crippen molar-refractivity contribution in [3.63, 3.8) is 0 Å². The van der Waals surface area contributed by atoms with Gasteiger partial charge < -0.3 is 15.4 Å². The van der Waals surface area contributed by atoms with Gasteiger partial charge in [0.1, 0.15) is 11.9 Å². The number of nitrogens with one attached hydrogen (secondary N) is 2. The number of thiophene rings is 1. The molecular weight excluding hydrogens is 520 g/mol. The SMILES string of the molecule is CC(C)(C)OC(=O)NCC#Cc1cc2ncnc(Nc3ccc4c(cnn4Cc4ccccc4)c3)c2s1.Cl. The fourth-order valence-electron chi connectivity index (χ4n) is 3.75. The maximum atomic E-state index is 11.8. The van der Waals surface area contributed by atoms with Gasteiger partial charge in [0.2, 0.25) is 0 Å². The van der Waals surface area contributed by atoms with Gasteiger partial charge in [0.05, 0.1) is 39.9 Å². The molecule has 0 saturated carbocycles. The molecule has 0 fully saturated rings. The van der Waals surface area contributed by atoms with Gasteiger partial charge in [-0.15, -0.1) is 23.7 Å². The van der Waals surface area contributed by atoms with E-state index in [1.165, 1.54) is 23.2 Å². The molecule has 8 nitrogen and oxygen atoms in total. The Morgan fingerprint density at radius 1 is 1.11 bits per heavy atom. The topological polar surface area (TPSA) is 94.0 Å². The summed E-state index contributed by atoms with van der Waals surface area (Å²) in [6.45, 7) is 6.37. The zero-order valence-corrected chi connectivity index (χ0v) is 22.8. The van der Waals surface area contributed by atoms with E-state index in [9.17, 15) is 4.79 Å². The Hall–Kier alpha value is -4.13. The first-order valence-corrected chi connectivity index (χ1v) is 12.6. The fraction of sp³-hybridized carbons (Fsp3) is 0.214. The third kappa shape index (κ3) is 6.59. The zero-order valence-electron chi connectivity index (χ0n) is 21.2. The summed E-state index contributed by atoms with van der Waals surface area (Å²) in [6.07, 6.45) is 2.93. The van der Waals surface area contributed by atoms with Crippen molar-refractivity contribution in [3.8, 4) is 11.8 Å². The molecule has 5 rings (SSSR count). The Balaban J connectivity index is 0.00000336. The molecule has 10 heteroatoms. The molecule has 38 heavy (non-hydrogen) atoms. The van der Waals surface area contributed by atoms with E-state index >= 15 is 0 Å². The highest BCUT2D eigenvalue weighted by atomic mass is 35.5. The summed E-state index contributed by atoms with van der Waals surface area (Å²) < 4.78 is 8.13. The minimum atomic E-state index is -0.543. The van der Waals surface area contributed by atoms with Gasteiger partial charge in [0, 0.05) is 11.1 Å². The predicted octanol–water partition coefficient (Wildman–Crippen LogP) is 6.13. The highest BCUT2D eigenvalue weighted by Gasteiger charge is 2.15. The minimum Gasteiger partial charge on any atom is -0.444 e. The third-order valence-electron chi connectivity index (χ3n) is 5.32. The Labute approximate surface area is 230 Å². The van der Waals surface area contributed by atoms with Gasteiger partial charge in [-0.3, -0.25) is 4.68 Å². The minimum absolute atomic E-state index is 0. The monoisotopic (exact) mass is 546 g/mol. The van der Waals surface area contributed by atoms with Gasteiger partial charge in [-0.2, -0.15) is 5.10 Å². The molecule has 0 bridgehead atoms. The van der Waals surface area contributed by atoms with Crippen molar-refractivity contribution >= 4 is 62.5 Å². The summed E-state index contributed by atoms with van der Waals surface area (Å²) in [5.41, 5.74) is 3.45. The second kappa shape index (κ2) is 11.5. The number of aromatic nitrogens is 4. The highest BCUT2D eigenvalue weighted by Crippen LogP contribution is 2.31. The number of ether oxygens (including phenoxy) is 1. The van der Waals surface area contributed by atoms with Crippen molar-refractivity contribution < 1.29 is 9.53 Å². The van der Waals surface area contributed by atoms with Crippen LogP contribution < -0.4 is 10.6 Å². The Morgan fingerprint density at radius 3 is 2.71 bits per heavy atom. The molecule has 5 aromatic rings. The molecule has 0 saturated heterocycles. The second-order valence-electron chi connectivity index (χ2n) is 9.39. The molecule has 1 amide bonds. The lowest BCUT2D eigenvalue weighted by molar-refractivity contribution is 0.0535. The molecule has 2 N–H and O–H groups in total. The van der Waals surface area contributed by atoms with Crippen molar-refractivity contribution in [3.05, 3.63) is 77.6 Å². The average molecular weight is 547 g/mol. The normalized spacial score (nSPS) is 10.9. The molecule has 0 aliphatic carbocycles. The van der Waals surface area contributed by atoms with Gasteiger partial charge in [-0.05, 0) is 50.6 Å². The molecule has 0 radical (unpaired) electrons. The average Bonchev–Trinajstić information content (AvgIpc) is 3.46. The number of carbonyl (C=O) groups excluding carboxylic acids is 1. The lowest BCUT2D eigenvalue weighted by Gasteiger charge is -2.18. The van der Waals surface area contributed by atoms with E-state index in [0.717, 1.165) is 38.2 Å². The number of halogens is 1. The maximum Gasteiger partial charge on any atom is 0.408 e. The standard InChI is InChI=1S/C28H26N6O2S.ClH/c1-28(2,3)36-27(35)29-13-7-10-22-15-23-25(37-22)26(31-18-30-23)33-21-11-12-24-20(14-21)16-32-34(24)17-19-8-5-4-6-9-19;/h4-6,8-9,11-12,14-16,18H,13,17H2,1-3H3,(H,29,35)(H,30,31,33);1H. The van der Waals surface area contributed by atoms with Crippen molar-refractivity contribution in [2.75, 3.05) is 11.9 Å². The Morgan fingerprint density at radius 2 is 1.92 bits per heavy atom. The maximum absolute atomic E-state index is 11.8. The molecule has 0 aliphatic rings. The van der Waals surface area contributed by atoms with Crippen LogP contribution in [0.25, 0.3) is 21.1 Å². The molecule has 2 aromatic carbocycles. The number of alkyl carbamates (subject to hydrolysis) is 1. The van der Waals surface area contributed by atoms with Crippen LogP contribution in [0.2, 0.25) is 0 Å². The third-order valence-corrected chi connectivity index (χ3v) is 6.37. The number of rotatable bonds is 5. The quantitative estimate of drug-likeness (QED) is 0.257. The van der Waals surface area contributed by atoms with Crippen LogP contribution in [0.4, 0.5) is 16.3 Å². The van der Waals surface area contributed by atoms with E-state index in [4.69, 9.17) is 4.74 Å². The number of hydrogen-bond donors (Lipinski definition) is 2. The van der Waals surface area contributed by atoms with Crippen molar-refractivity contribution in [1.29, 1.82) is 0 Å². The van der Waals surface area contributed by atoms with Crippen molar-refractivity contribution in [2.24, 2.45) is 0 Å². The van der Waals surface area contributed by atoms with E-state index in [1.54, 1.807) is 0 Å². The molecule has 0 aliphatic heterocycles. The van der Waals surface area contributed by atoms with Gasteiger partial charge in [0.25, 0.3) is 0 Å². The smallest absolute Gasteiger partial charge is 0.408 e. The zero-order chi connectivity index (χ0) is 25.8. The van der Waals surface area contributed by atoms with E-state index in [-0.39, 0.29) is 19.0 Å². The van der Waals surface area contributed by atoms with E-state index in [2.05, 4.69) is 61.8 Å². The van der Waals surface area contributed by atoms with Crippen LogP contribution in [-0.4, -0.2) is 38.0 Å². The molecule has 3 aromatic heterocycles. The summed E-state index contributed by atoms with van der Waals surface area (Å²) in [6, 6.07) is 18.4. The lowest BCUT2D eigenvalue weighted by Crippen LogP contribution is -2.32. The molecule has 3 heterocycles. The highest BCUT2D eigenvalue weighted by molar-refractivity contribution is 7.20. The first-order chi connectivity index (χ1) is 17.8. The number of carbonyl (C=O) groups is 1. The Kier molecular flexibility index (Phi) is 8.15. The molecular formula is C28H27ClN6O2S. The van der Waals surface area contributed by atoms with E-state index in [0.29, 0.717) is 5.82 Å². The predicted molar refractivity (Wildman–Crippen MR) is 154 cm³/mol. The van der Waals surface area contributed by atoms with Gasteiger partial charge in [-0.1, -0.05) is 42.2 Å². The van der Waals surface area contributed by atoms with Crippen LogP contribution in [0.3, 0.4) is 0 Å². The summed E-state index contributed by atoms with van der Waals surface area (Å²) >= 11 is 1.50. The molecule has 0 unspecified atom stereocenters. The van der Waals surface area contributed by atoms with Crippen LogP contribution in [0.1, 0.15) is 31.2 Å². The van der Waals surface area contributed by atoms with Crippen LogP contribution >= 0.6 is 23.7 Å². The molecule has 194 valence electrons. The van der Waals surface area contributed by atoms with E-state index < -0.39 is 11.7 Å². The van der Waals surface area contributed by atoms with Crippen molar-refractivity contribution in [2.45, 2.75) is 32.9 Å². The fourth-order valence-corrected chi connectivity index (χ4v) is 4.68.